The molecule has 0 radical (unpaired) electrons. The molecule has 2 N–H and O–H groups in total. The topological polar surface area (TPSA) is 49.6 Å². The first-order chi connectivity index (χ1) is 11.1. The predicted molar refractivity (Wildman–Crippen MR) is 103 cm³/mol. The van der Waals surface area contributed by atoms with Gasteiger partial charge in [0.05, 0.1) is 0 Å². The Labute approximate surface area is 149 Å². The van der Waals surface area contributed by atoms with Gasteiger partial charge in [0.1, 0.15) is 6.04 Å². The van der Waals surface area contributed by atoms with Crippen LogP contribution in [0, 0.1) is 0 Å². The molecule has 3 rings (SSSR count). The fourth-order valence-corrected chi connectivity index (χ4v) is 3.27. The number of likely N-dealkylation sites (N-methyl/N-ethyl adjacent to an activating group) is 1. The number of carbonyl (C=O) groups is 1. The summed E-state index contributed by atoms with van der Waals surface area (Å²) in [5.41, 5.74) is 10.1. The molecule has 1 aliphatic rings. The highest BCUT2D eigenvalue weighted by Gasteiger charge is 2.29. The lowest BCUT2D eigenvalue weighted by atomic mass is 9.98. The minimum atomic E-state index is -0.221. The molecule has 0 aliphatic carbocycles. The summed E-state index contributed by atoms with van der Waals surface area (Å²) in [5, 5.41) is 0. The lowest BCUT2D eigenvalue weighted by Gasteiger charge is -2.37. The van der Waals surface area contributed by atoms with Crippen LogP contribution in [0.1, 0.15) is 18.9 Å². The first kappa shape index (κ1) is 18.1. The summed E-state index contributed by atoms with van der Waals surface area (Å²) in [4.78, 5) is 16.8. The normalized spacial score (nSPS) is 14.3. The van der Waals surface area contributed by atoms with Crippen molar-refractivity contribution in [1.82, 2.24) is 0 Å². The van der Waals surface area contributed by atoms with Gasteiger partial charge in [-0.05, 0) is 49.6 Å². The standard InChI is InChI=1S/C19H23N3O.ClH/c1-14(19(23)21(2)15-8-4-3-5-9-15)22-13-7-10-16-17(20)11-6-12-18(16)22;/h3-6,8-9,11-12,14H,7,10,13,20H2,1-2H3;1H. The maximum absolute atomic E-state index is 12.9. The molecule has 1 unspecified atom stereocenters. The number of hydrogen-bond acceptors (Lipinski definition) is 3. The number of nitrogen functional groups attached to an aromatic ring is 1. The van der Waals surface area contributed by atoms with E-state index in [4.69, 9.17) is 5.73 Å². The Morgan fingerprint density at radius 3 is 2.58 bits per heavy atom. The maximum atomic E-state index is 12.9. The summed E-state index contributed by atoms with van der Waals surface area (Å²) in [7, 11) is 1.83. The van der Waals surface area contributed by atoms with Crippen molar-refractivity contribution in [1.29, 1.82) is 0 Å². The van der Waals surface area contributed by atoms with Gasteiger partial charge < -0.3 is 15.5 Å². The Kier molecular flexibility index (Phi) is 5.73. The molecule has 0 bridgehead atoms. The average molecular weight is 346 g/mol. The zero-order chi connectivity index (χ0) is 16.4. The van der Waals surface area contributed by atoms with Gasteiger partial charge in [-0.2, -0.15) is 0 Å². The largest absolute Gasteiger partial charge is 0.398 e. The van der Waals surface area contributed by atoms with Crippen molar-refractivity contribution in [2.24, 2.45) is 0 Å². The lowest BCUT2D eigenvalue weighted by molar-refractivity contribution is -0.119. The van der Waals surface area contributed by atoms with Crippen LogP contribution in [0.3, 0.4) is 0 Å². The van der Waals surface area contributed by atoms with Gasteiger partial charge in [-0.1, -0.05) is 24.3 Å². The second-order valence-electron chi connectivity index (χ2n) is 6.05. The van der Waals surface area contributed by atoms with Gasteiger partial charge in [0, 0.05) is 30.7 Å². The van der Waals surface area contributed by atoms with E-state index in [2.05, 4.69) is 11.0 Å². The Hall–Kier alpha value is -2.20. The number of carbonyl (C=O) groups excluding carboxylic acids is 1. The molecule has 0 saturated heterocycles. The van der Waals surface area contributed by atoms with Crippen LogP contribution < -0.4 is 15.5 Å². The van der Waals surface area contributed by atoms with Crippen LogP contribution in [-0.4, -0.2) is 25.5 Å². The molecular weight excluding hydrogens is 322 g/mol. The lowest BCUT2D eigenvalue weighted by Crippen LogP contribution is -2.48. The van der Waals surface area contributed by atoms with Gasteiger partial charge in [-0.25, -0.2) is 0 Å². The molecule has 1 heterocycles. The van der Waals surface area contributed by atoms with Crippen LogP contribution in [0.15, 0.2) is 48.5 Å². The molecule has 2 aromatic carbocycles. The van der Waals surface area contributed by atoms with Crippen LogP contribution in [0.4, 0.5) is 17.1 Å². The first-order valence-electron chi connectivity index (χ1n) is 8.06. The average Bonchev–Trinajstić information content (AvgIpc) is 2.60. The van der Waals surface area contributed by atoms with E-state index in [1.807, 2.05) is 56.4 Å². The van der Waals surface area contributed by atoms with E-state index in [0.29, 0.717) is 0 Å². The minimum absolute atomic E-state index is 0. The number of anilines is 3. The predicted octanol–water partition coefficient (Wildman–Crippen LogP) is 3.49. The van der Waals surface area contributed by atoms with Crippen molar-refractivity contribution in [3.05, 3.63) is 54.1 Å². The summed E-state index contributed by atoms with van der Waals surface area (Å²) in [5.74, 6) is 0.0893. The highest BCUT2D eigenvalue weighted by Crippen LogP contribution is 2.33. The monoisotopic (exact) mass is 345 g/mol. The van der Waals surface area contributed by atoms with E-state index in [9.17, 15) is 4.79 Å². The number of benzene rings is 2. The summed E-state index contributed by atoms with van der Waals surface area (Å²) >= 11 is 0. The van der Waals surface area contributed by atoms with E-state index < -0.39 is 0 Å². The van der Waals surface area contributed by atoms with Gasteiger partial charge in [-0.15, -0.1) is 12.4 Å². The van der Waals surface area contributed by atoms with Gasteiger partial charge in [0.25, 0.3) is 0 Å². The van der Waals surface area contributed by atoms with Crippen molar-refractivity contribution < 1.29 is 4.79 Å². The van der Waals surface area contributed by atoms with E-state index in [-0.39, 0.29) is 24.4 Å². The van der Waals surface area contributed by atoms with Crippen molar-refractivity contribution >= 4 is 35.4 Å². The number of nitrogens with two attached hydrogens (primary N) is 1. The number of amides is 1. The number of para-hydroxylation sites is 1. The second-order valence-corrected chi connectivity index (χ2v) is 6.05. The quantitative estimate of drug-likeness (QED) is 0.866. The third-order valence-corrected chi connectivity index (χ3v) is 4.62. The molecule has 0 aromatic heterocycles. The van der Waals surface area contributed by atoms with Crippen molar-refractivity contribution in [2.45, 2.75) is 25.8 Å². The van der Waals surface area contributed by atoms with E-state index in [0.717, 1.165) is 36.4 Å². The van der Waals surface area contributed by atoms with Crippen LogP contribution in [0.25, 0.3) is 0 Å². The maximum Gasteiger partial charge on any atom is 0.249 e. The summed E-state index contributed by atoms with van der Waals surface area (Å²) < 4.78 is 0. The molecular formula is C19H24ClN3O. The molecule has 128 valence electrons. The number of rotatable bonds is 3. The van der Waals surface area contributed by atoms with Crippen LogP contribution in [-0.2, 0) is 11.2 Å². The zero-order valence-electron chi connectivity index (χ0n) is 14.1. The Bertz CT molecular complexity index is 705. The van der Waals surface area contributed by atoms with Gasteiger partial charge >= 0.3 is 0 Å². The molecule has 5 heteroatoms. The molecule has 2 aromatic rings. The van der Waals surface area contributed by atoms with Crippen LogP contribution in [0.2, 0.25) is 0 Å². The van der Waals surface area contributed by atoms with E-state index in [1.165, 1.54) is 5.56 Å². The van der Waals surface area contributed by atoms with E-state index >= 15 is 0 Å². The minimum Gasteiger partial charge on any atom is -0.398 e. The zero-order valence-corrected chi connectivity index (χ0v) is 14.9. The second kappa shape index (κ2) is 7.58. The molecule has 1 aliphatic heterocycles. The molecule has 4 nitrogen and oxygen atoms in total. The Morgan fingerprint density at radius 2 is 1.88 bits per heavy atom. The Morgan fingerprint density at radius 1 is 1.17 bits per heavy atom. The number of hydrogen-bond donors (Lipinski definition) is 1. The summed E-state index contributed by atoms with van der Waals surface area (Å²) in [6, 6.07) is 15.5. The van der Waals surface area contributed by atoms with Crippen molar-refractivity contribution in [2.75, 3.05) is 29.1 Å². The fourth-order valence-electron chi connectivity index (χ4n) is 3.27. The summed E-state index contributed by atoms with van der Waals surface area (Å²) in [6.45, 7) is 2.85. The number of fused-ring (bicyclic) bond motifs is 1. The van der Waals surface area contributed by atoms with Crippen LogP contribution in [0.5, 0.6) is 0 Å². The molecule has 24 heavy (non-hydrogen) atoms. The van der Waals surface area contributed by atoms with Crippen LogP contribution >= 0.6 is 12.4 Å². The third-order valence-electron chi connectivity index (χ3n) is 4.62. The number of halogens is 1. The molecule has 1 atom stereocenters. The molecule has 0 fully saturated rings. The SMILES string of the molecule is CC(C(=O)N(C)c1ccccc1)N1CCCc2c(N)cccc21.Cl. The van der Waals surface area contributed by atoms with Crippen molar-refractivity contribution in [3.63, 3.8) is 0 Å². The third kappa shape index (κ3) is 3.34. The summed E-state index contributed by atoms with van der Waals surface area (Å²) in [6.07, 6.45) is 2.00. The fraction of sp³-hybridized carbons (Fsp3) is 0.316. The Balaban J connectivity index is 0.00000208. The van der Waals surface area contributed by atoms with Gasteiger partial charge in [0.15, 0.2) is 0 Å². The van der Waals surface area contributed by atoms with Gasteiger partial charge in [0.2, 0.25) is 5.91 Å². The first-order valence-corrected chi connectivity index (χ1v) is 8.06. The molecule has 1 amide bonds. The molecule has 0 saturated carbocycles. The highest BCUT2D eigenvalue weighted by molar-refractivity contribution is 5.98. The smallest absolute Gasteiger partial charge is 0.249 e. The highest BCUT2D eigenvalue weighted by atomic mass is 35.5. The number of nitrogens with zero attached hydrogens (tertiary/aromatic N) is 2. The van der Waals surface area contributed by atoms with Crippen molar-refractivity contribution in [3.8, 4) is 0 Å². The van der Waals surface area contributed by atoms with Gasteiger partial charge in [-0.3, -0.25) is 4.79 Å². The molecule has 0 spiro atoms. The van der Waals surface area contributed by atoms with E-state index in [1.54, 1.807) is 4.90 Å².